The summed E-state index contributed by atoms with van der Waals surface area (Å²) in [5.74, 6) is 1.85. The summed E-state index contributed by atoms with van der Waals surface area (Å²) >= 11 is 3.76. The van der Waals surface area contributed by atoms with Gasteiger partial charge in [0.1, 0.15) is 12.2 Å². The first-order valence-corrected chi connectivity index (χ1v) is 7.24. The summed E-state index contributed by atoms with van der Waals surface area (Å²) in [4.78, 5) is 7.43. The maximum Gasteiger partial charge on any atom is 0.141 e. The van der Waals surface area contributed by atoms with Crippen LogP contribution in [-0.2, 0) is 6.54 Å². The quantitative estimate of drug-likeness (QED) is 0.804. The van der Waals surface area contributed by atoms with E-state index in [1.807, 2.05) is 4.68 Å². The Bertz CT molecular complexity index is 363. The van der Waals surface area contributed by atoms with Crippen LogP contribution in [0.1, 0.15) is 39.1 Å². The second kappa shape index (κ2) is 5.48. The van der Waals surface area contributed by atoms with Crippen LogP contribution in [0.4, 0.5) is 0 Å². The van der Waals surface area contributed by atoms with Gasteiger partial charge in [0.15, 0.2) is 0 Å². The van der Waals surface area contributed by atoms with Crippen molar-refractivity contribution >= 4 is 15.9 Å². The van der Waals surface area contributed by atoms with Crippen LogP contribution >= 0.6 is 15.9 Å². The highest BCUT2D eigenvalue weighted by Crippen LogP contribution is 2.24. The summed E-state index contributed by atoms with van der Waals surface area (Å²) in [7, 11) is 0. The molecule has 0 amide bonds. The van der Waals surface area contributed by atoms with Crippen LogP contribution in [0.15, 0.2) is 6.33 Å². The van der Waals surface area contributed by atoms with Gasteiger partial charge in [-0.3, -0.25) is 4.90 Å². The number of hydrogen-bond acceptors (Lipinski definition) is 3. The SMILES string of the molecule is CC1CCN(Cc2ncnn2C(C)C)CC1Br. The second-order valence-corrected chi connectivity index (χ2v) is 6.41. The number of halogens is 1. The fraction of sp³-hybridized carbons (Fsp3) is 0.833. The van der Waals surface area contributed by atoms with Gasteiger partial charge in [-0.25, -0.2) is 9.67 Å². The number of alkyl halides is 1. The van der Waals surface area contributed by atoms with E-state index in [1.165, 1.54) is 6.42 Å². The van der Waals surface area contributed by atoms with Gasteiger partial charge in [0, 0.05) is 17.4 Å². The molecule has 0 spiro atoms. The molecule has 0 aliphatic carbocycles. The molecule has 1 aliphatic rings. The molecule has 0 N–H and O–H groups in total. The average Bonchev–Trinajstić information content (AvgIpc) is 2.72. The lowest BCUT2D eigenvalue weighted by Crippen LogP contribution is -2.40. The topological polar surface area (TPSA) is 34.0 Å². The molecule has 17 heavy (non-hydrogen) atoms. The third-order valence-electron chi connectivity index (χ3n) is 3.45. The van der Waals surface area contributed by atoms with Crippen molar-refractivity contribution < 1.29 is 0 Å². The van der Waals surface area contributed by atoms with Gasteiger partial charge in [0.2, 0.25) is 0 Å². The van der Waals surface area contributed by atoms with E-state index in [0.29, 0.717) is 10.9 Å². The summed E-state index contributed by atoms with van der Waals surface area (Å²) in [6.45, 7) is 9.77. The molecule has 0 aromatic carbocycles. The smallest absolute Gasteiger partial charge is 0.141 e. The highest BCUT2D eigenvalue weighted by Gasteiger charge is 2.25. The molecule has 0 bridgehead atoms. The van der Waals surface area contributed by atoms with Gasteiger partial charge in [0.05, 0.1) is 6.54 Å². The van der Waals surface area contributed by atoms with Crippen LogP contribution in [0.3, 0.4) is 0 Å². The van der Waals surface area contributed by atoms with Gasteiger partial charge < -0.3 is 0 Å². The minimum Gasteiger partial charge on any atom is -0.295 e. The highest BCUT2D eigenvalue weighted by molar-refractivity contribution is 9.09. The Morgan fingerprint density at radius 3 is 2.94 bits per heavy atom. The molecule has 1 aromatic heterocycles. The van der Waals surface area contributed by atoms with Gasteiger partial charge in [-0.1, -0.05) is 22.9 Å². The van der Waals surface area contributed by atoms with Crippen LogP contribution in [0, 0.1) is 5.92 Å². The molecule has 1 aromatic rings. The Kier molecular flexibility index (Phi) is 4.20. The Morgan fingerprint density at radius 2 is 2.29 bits per heavy atom. The van der Waals surface area contributed by atoms with Gasteiger partial charge in [-0.05, 0) is 32.7 Å². The largest absolute Gasteiger partial charge is 0.295 e. The normalized spacial score (nSPS) is 26.6. The average molecular weight is 301 g/mol. The first kappa shape index (κ1) is 13.0. The predicted molar refractivity (Wildman–Crippen MR) is 72.2 cm³/mol. The summed E-state index contributed by atoms with van der Waals surface area (Å²) < 4.78 is 2.02. The van der Waals surface area contributed by atoms with Crippen LogP contribution < -0.4 is 0 Å². The van der Waals surface area contributed by atoms with Crippen molar-refractivity contribution in [3.05, 3.63) is 12.2 Å². The zero-order valence-electron chi connectivity index (χ0n) is 10.8. The fourth-order valence-corrected chi connectivity index (χ4v) is 2.92. The van der Waals surface area contributed by atoms with Crippen LogP contribution in [0.25, 0.3) is 0 Å². The van der Waals surface area contributed by atoms with Crippen molar-refractivity contribution in [2.75, 3.05) is 13.1 Å². The monoisotopic (exact) mass is 300 g/mol. The minimum atomic E-state index is 0.385. The molecule has 1 fully saturated rings. The lowest BCUT2D eigenvalue weighted by atomic mass is 9.99. The van der Waals surface area contributed by atoms with Gasteiger partial charge >= 0.3 is 0 Å². The molecule has 2 unspecified atom stereocenters. The van der Waals surface area contributed by atoms with E-state index in [0.717, 1.165) is 31.4 Å². The Hall–Kier alpha value is -0.420. The number of hydrogen-bond donors (Lipinski definition) is 0. The number of rotatable bonds is 3. The van der Waals surface area contributed by atoms with Gasteiger partial charge in [-0.15, -0.1) is 0 Å². The minimum absolute atomic E-state index is 0.385. The van der Waals surface area contributed by atoms with Crippen LogP contribution in [-0.4, -0.2) is 37.6 Å². The zero-order chi connectivity index (χ0) is 12.4. The number of likely N-dealkylation sites (tertiary alicyclic amines) is 1. The molecule has 2 rings (SSSR count). The number of nitrogens with zero attached hydrogens (tertiary/aromatic N) is 4. The summed E-state index contributed by atoms with van der Waals surface area (Å²) in [5, 5.41) is 4.28. The Labute approximate surface area is 112 Å². The molecule has 5 heteroatoms. The Balaban J connectivity index is 1.99. The third-order valence-corrected chi connectivity index (χ3v) is 4.64. The lowest BCUT2D eigenvalue weighted by Gasteiger charge is -2.33. The highest BCUT2D eigenvalue weighted by atomic mass is 79.9. The number of piperidine rings is 1. The molecule has 4 nitrogen and oxygen atoms in total. The molecule has 1 saturated heterocycles. The van der Waals surface area contributed by atoms with Crippen molar-refractivity contribution in [3.8, 4) is 0 Å². The van der Waals surface area contributed by atoms with E-state index in [9.17, 15) is 0 Å². The first-order valence-electron chi connectivity index (χ1n) is 6.32. The molecule has 0 saturated carbocycles. The van der Waals surface area contributed by atoms with Crippen molar-refractivity contribution in [2.45, 2.75) is 44.6 Å². The van der Waals surface area contributed by atoms with Crippen molar-refractivity contribution in [2.24, 2.45) is 5.92 Å². The third kappa shape index (κ3) is 3.07. The second-order valence-electron chi connectivity index (χ2n) is 5.23. The molecule has 0 radical (unpaired) electrons. The number of aromatic nitrogens is 3. The maximum atomic E-state index is 4.37. The van der Waals surface area contributed by atoms with Gasteiger partial charge in [0.25, 0.3) is 0 Å². The van der Waals surface area contributed by atoms with E-state index < -0.39 is 0 Å². The molecular formula is C12H21BrN4. The Morgan fingerprint density at radius 1 is 1.53 bits per heavy atom. The zero-order valence-corrected chi connectivity index (χ0v) is 12.4. The van der Waals surface area contributed by atoms with E-state index in [-0.39, 0.29) is 0 Å². The van der Waals surface area contributed by atoms with Crippen molar-refractivity contribution in [1.82, 2.24) is 19.7 Å². The van der Waals surface area contributed by atoms with E-state index >= 15 is 0 Å². The molecule has 1 aliphatic heterocycles. The van der Waals surface area contributed by atoms with E-state index in [1.54, 1.807) is 6.33 Å². The van der Waals surface area contributed by atoms with Crippen molar-refractivity contribution in [1.29, 1.82) is 0 Å². The van der Waals surface area contributed by atoms with E-state index in [4.69, 9.17) is 0 Å². The lowest BCUT2D eigenvalue weighted by molar-refractivity contribution is 0.186. The standard InChI is InChI=1S/C12H21BrN4/c1-9(2)17-12(14-8-15-17)7-16-5-4-10(3)11(13)6-16/h8-11H,4-7H2,1-3H3. The molecular weight excluding hydrogens is 280 g/mol. The van der Waals surface area contributed by atoms with Crippen LogP contribution in [0.5, 0.6) is 0 Å². The fourth-order valence-electron chi connectivity index (χ4n) is 2.25. The molecule has 2 heterocycles. The van der Waals surface area contributed by atoms with Crippen LogP contribution in [0.2, 0.25) is 0 Å². The maximum absolute atomic E-state index is 4.37. The van der Waals surface area contributed by atoms with E-state index in [2.05, 4.69) is 51.7 Å². The summed E-state index contributed by atoms with van der Waals surface area (Å²) in [5.41, 5.74) is 0. The van der Waals surface area contributed by atoms with Gasteiger partial charge in [-0.2, -0.15) is 5.10 Å². The first-order chi connectivity index (χ1) is 8.08. The molecule has 2 atom stereocenters. The summed E-state index contributed by atoms with van der Waals surface area (Å²) in [6.07, 6.45) is 2.92. The van der Waals surface area contributed by atoms with Crippen molar-refractivity contribution in [3.63, 3.8) is 0 Å². The molecule has 96 valence electrons. The predicted octanol–water partition coefficient (Wildman–Crippen LogP) is 2.46. The summed E-state index contributed by atoms with van der Waals surface area (Å²) in [6, 6.07) is 0.385.